The van der Waals surface area contributed by atoms with Gasteiger partial charge in [-0.15, -0.1) is 0 Å². The van der Waals surface area contributed by atoms with E-state index >= 15 is 0 Å². The number of aromatic amines is 1. The summed E-state index contributed by atoms with van der Waals surface area (Å²) in [5, 5.41) is 9.17. The first kappa shape index (κ1) is 23.2. The van der Waals surface area contributed by atoms with Crippen LogP contribution >= 0.6 is 0 Å². The van der Waals surface area contributed by atoms with E-state index in [4.69, 9.17) is 0 Å². The van der Waals surface area contributed by atoms with Gasteiger partial charge >= 0.3 is 0 Å². The van der Waals surface area contributed by atoms with Crippen LogP contribution in [0, 0.1) is 12.8 Å². The highest BCUT2D eigenvalue weighted by atomic mass is 16.2. The Morgan fingerprint density at radius 1 is 1.12 bits per heavy atom. The number of carbonyl (C=O) groups excluding carboxylic acids is 4. The summed E-state index contributed by atoms with van der Waals surface area (Å²) in [5.41, 5.74) is 3.13. The Hall–Kier alpha value is -3.94. The van der Waals surface area contributed by atoms with Crippen LogP contribution in [0.15, 0.2) is 54.6 Å². The molecule has 3 aromatic rings. The van der Waals surface area contributed by atoms with Crippen molar-refractivity contribution in [3.05, 3.63) is 71.4 Å². The Bertz CT molecular complexity index is 1200. The molecule has 1 aliphatic heterocycles. The quantitative estimate of drug-likeness (QED) is 0.365. The first-order valence-corrected chi connectivity index (χ1v) is 11.4. The molecule has 0 spiro atoms. The lowest BCUT2D eigenvalue weighted by Crippen LogP contribution is -2.51. The van der Waals surface area contributed by atoms with Crippen molar-refractivity contribution in [1.82, 2.24) is 20.9 Å². The summed E-state index contributed by atoms with van der Waals surface area (Å²) in [4.78, 5) is 52.8. The highest BCUT2D eigenvalue weighted by molar-refractivity contribution is 6.00. The summed E-state index contributed by atoms with van der Waals surface area (Å²) in [6.07, 6.45) is 1.76. The fraction of sp³-hybridized carbons (Fsp3) is 0.308. The molecule has 4 rings (SSSR count). The van der Waals surface area contributed by atoms with Crippen molar-refractivity contribution >= 4 is 34.9 Å². The van der Waals surface area contributed by atoms with Gasteiger partial charge in [-0.1, -0.05) is 42.0 Å². The van der Waals surface area contributed by atoms with Crippen LogP contribution in [0.3, 0.4) is 0 Å². The van der Waals surface area contributed by atoms with E-state index in [0.717, 1.165) is 22.0 Å². The highest BCUT2D eigenvalue weighted by Crippen LogP contribution is 2.18. The molecular weight excluding hydrogens is 432 g/mol. The molecule has 8 heteroatoms. The third kappa shape index (κ3) is 5.51. The van der Waals surface area contributed by atoms with E-state index in [9.17, 15) is 19.2 Å². The second-order valence-electron chi connectivity index (χ2n) is 8.75. The molecule has 1 aliphatic rings. The zero-order valence-corrected chi connectivity index (χ0v) is 19.0. The van der Waals surface area contributed by atoms with Crippen LogP contribution in [0.25, 0.3) is 10.9 Å². The number of amides is 3. The first-order chi connectivity index (χ1) is 16.4. The lowest BCUT2D eigenvalue weighted by Gasteiger charge is -2.22. The lowest BCUT2D eigenvalue weighted by atomic mass is 9.98. The molecule has 34 heavy (non-hydrogen) atoms. The molecule has 176 valence electrons. The van der Waals surface area contributed by atoms with Gasteiger partial charge in [0, 0.05) is 29.8 Å². The average molecular weight is 461 g/mol. The van der Waals surface area contributed by atoms with Crippen molar-refractivity contribution in [1.29, 1.82) is 0 Å². The Kier molecular flexibility index (Phi) is 7.06. The number of hydrogen-bond donors (Lipinski definition) is 4. The largest absolute Gasteiger partial charge is 0.356 e. The van der Waals surface area contributed by atoms with E-state index in [-0.39, 0.29) is 24.7 Å². The summed E-state index contributed by atoms with van der Waals surface area (Å²) in [6.45, 7) is 2.55. The van der Waals surface area contributed by atoms with E-state index in [1.54, 1.807) is 6.07 Å². The summed E-state index contributed by atoms with van der Waals surface area (Å²) < 4.78 is 0. The van der Waals surface area contributed by atoms with Crippen LogP contribution in [0.4, 0.5) is 0 Å². The maximum Gasteiger partial charge on any atom is 0.268 e. The van der Waals surface area contributed by atoms with Crippen molar-refractivity contribution in [3.8, 4) is 0 Å². The van der Waals surface area contributed by atoms with Crippen molar-refractivity contribution in [2.24, 2.45) is 5.92 Å². The van der Waals surface area contributed by atoms with E-state index in [0.29, 0.717) is 24.9 Å². The smallest absolute Gasteiger partial charge is 0.268 e. The van der Waals surface area contributed by atoms with Crippen molar-refractivity contribution in [2.45, 2.75) is 38.3 Å². The number of rotatable bonds is 9. The molecule has 3 amide bonds. The summed E-state index contributed by atoms with van der Waals surface area (Å²) in [7, 11) is 0. The van der Waals surface area contributed by atoms with Gasteiger partial charge in [0.05, 0.1) is 6.04 Å². The molecule has 0 unspecified atom stereocenters. The predicted octanol–water partition coefficient (Wildman–Crippen LogP) is 2.03. The standard InChI is InChI=1S/C26H28N4O4/c1-16-7-8-21-19(11-16)14-23(29-21)26(34)30-22(12-17-5-3-2-4-6-17)25(33)28-20(15-31)13-18-9-10-27-24(18)32/h2-8,11,14-15,18,20,22,29H,9-10,12-13H2,1H3,(H,27,32)(H,28,33)(H,30,34)/t18-,20-,22-/m0/s1. The molecule has 2 heterocycles. The topological polar surface area (TPSA) is 120 Å². The first-order valence-electron chi connectivity index (χ1n) is 11.4. The number of aldehydes is 1. The number of hydrogen-bond acceptors (Lipinski definition) is 4. The number of carbonyl (C=O) groups is 4. The Morgan fingerprint density at radius 3 is 2.62 bits per heavy atom. The molecule has 1 saturated heterocycles. The van der Waals surface area contributed by atoms with Crippen LogP contribution in [-0.4, -0.2) is 47.6 Å². The molecule has 8 nitrogen and oxygen atoms in total. The number of aryl methyl sites for hydroxylation is 1. The second-order valence-corrected chi connectivity index (χ2v) is 8.75. The lowest BCUT2D eigenvalue weighted by molar-refractivity contribution is -0.127. The zero-order valence-electron chi connectivity index (χ0n) is 19.0. The van der Waals surface area contributed by atoms with Gasteiger partial charge in [-0.2, -0.15) is 0 Å². The number of H-pyrrole nitrogens is 1. The number of benzene rings is 2. The number of aromatic nitrogens is 1. The molecule has 0 bridgehead atoms. The van der Waals surface area contributed by atoms with E-state index in [1.807, 2.05) is 55.5 Å². The van der Waals surface area contributed by atoms with Crippen LogP contribution in [-0.2, 0) is 20.8 Å². The minimum Gasteiger partial charge on any atom is -0.356 e. The average Bonchev–Trinajstić information content (AvgIpc) is 3.44. The molecule has 4 N–H and O–H groups in total. The molecule has 1 aromatic heterocycles. The van der Waals surface area contributed by atoms with Crippen LogP contribution in [0.5, 0.6) is 0 Å². The van der Waals surface area contributed by atoms with E-state index in [2.05, 4.69) is 20.9 Å². The second kappa shape index (κ2) is 10.3. The predicted molar refractivity (Wildman–Crippen MR) is 128 cm³/mol. The van der Waals surface area contributed by atoms with E-state index in [1.165, 1.54) is 0 Å². The Labute approximate surface area is 197 Å². The number of fused-ring (bicyclic) bond motifs is 1. The molecule has 3 atom stereocenters. The maximum absolute atomic E-state index is 13.2. The molecular formula is C26H28N4O4. The SMILES string of the molecule is Cc1ccc2[nH]c(C(=O)N[C@@H](Cc3ccccc3)C(=O)N[C@H](C=O)C[C@@H]3CCNC3=O)cc2c1. The van der Waals surface area contributed by atoms with Crippen LogP contribution < -0.4 is 16.0 Å². The molecule has 1 fully saturated rings. The van der Waals surface area contributed by atoms with Gasteiger partial charge in [-0.25, -0.2) is 0 Å². The number of nitrogens with one attached hydrogen (secondary N) is 4. The van der Waals surface area contributed by atoms with Gasteiger partial charge in [0.25, 0.3) is 5.91 Å². The third-order valence-electron chi connectivity index (χ3n) is 6.12. The summed E-state index contributed by atoms with van der Waals surface area (Å²) >= 11 is 0. The summed E-state index contributed by atoms with van der Waals surface area (Å²) in [5.74, 6) is -1.31. The Morgan fingerprint density at radius 2 is 1.91 bits per heavy atom. The van der Waals surface area contributed by atoms with Gasteiger partial charge in [0.2, 0.25) is 11.8 Å². The van der Waals surface area contributed by atoms with Gasteiger partial charge in [-0.3, -0.25) is 14.4 Å². The normalized spacial score (nSPS) is 17.1. The maximum atomic E-state index is 13.2. The van der Waals surface area contributed by atoms with Gasteiger partial charge in [0.1, 0.15) is 18.0 Å². The summed E-state index contributed by atoms with van der Waals surface area (Å²) in [6, 6.07) is 15.2. The minimum absolute atomic E-state index is 0.107. The molecule has 0 radical (unpaired) electrons. The zero-order chi connectivity index (χ0) is 24.1. The highest BCUT2D eigenvalue weighted by Gasteiger charge is 2.30. The molecule has 2 aromatic carbocycles. The van der Waals surface area contributed by atoms with Crippen molar-refractivity contribution < 1.29 is 19.2 Å². The van der Waals surface area contributed by atoms with Crippen molar-refractivity contribution in [3.63, 3.8) is 0 Å². The van der Waals surface area contributed by atoms with E-state index < -0.39 is 23.9 Å². The minimum atomic E-state index is -0.900. The van der Waals surface area contributed by atoms with Gasteiger partial charge in [0.15, 0.2) is 0 Å². The van der Waals surface area contributed by atoms with Gasteiger partial charge < -0.3 is 25.7 Å². The molecule has 0 aliphatic carbocycles. The Balaban J connectivity index is 1.50. The molecule has 0 saturated carbocycles. The van der Waals surface area contributed by atoms with Crippen LogP contribution in [0.2, 0.25) is 0 Å². The fourth-order valence-electron chi connectivity index (χ4n) is 4.28. The van der Waals surface area contributed by atoms with Crippen molar-refractivity contribution in [2.75, 3.05) is 6.54 Å². The monoisotopic (exact) mass is 460 g/mol. The fourth-order valence-corrected chi connectivity index (χ4v) is 4.28. The van der Waals surface area contributed by atoms with Crippen LogP contribution in [0.1, 0.15) is 34.5 Å². The van der Waals surface area contributed by atoms with Gasteiger partial charge in [-0.05, 0) is 43.5 Å². The third-order valence-corrected chi connectivity index (χ3v) is 6.12.